The molecule has 138 valence electrons. The molecule has 2 aromatic carbocycles. The lowest BCUT2D eigenvalue weighted by Crippen LogP contribution is -2.11. The molecule has 1 heterocycles. The highest BCUT2D eigenvalue weighted by molar-refractivity contribution is 5.92. The minimum Gasteiger partial charge on any atom is -0.472 e. The van der Waals surface area contributed by atoms with E-state index in [1.165, 1.54) is 12.1 Å². The summed E-state index contributed by atoms with van der Waals surface area (Å²) in [7, 11) is 0. The van der Waals surface area contributed by atoms with E-state index in [9.17, 15) is 27.2 Å². The lowest BCUT2D eigenvalue weighted by molar-refractivity contribution is -0.140. The van der Waals surface area contributed by atoms with Crippen LogP contribution in [0.15, 0.2) is 36.4 Å². The van der Waals surface area contributed by atoms with Gasteiger partial charge in [0.2, 0.25) is 5.88 Å². The molecule has 0 aliphatic rings. The molecule has 0 spiro atoms. The number of hydrogen-bond donors (Lipinski definition) is 0. The molecule has 0 atom stereocenters. The molecule has 0 saturated heterocycles. The van der Waals surface area contributed by atoms with Gasteiger partial charge in [-0.25, -0.2) is 13.8 Å². The lowest BCUT2D eigenvalue weighted by Gasteiger charge is -2.14. The summed E-state index contributed by atoms with van der Waals surface area (Å²) in [5.74, 6) is -2.14. The summed E-state index contributed by atoms with van der Waals surface area (Å²) in [4.78, 5) is 4.07. The third kappa shape index (κ3) is 3.53. The van der Waals surface area contributed by atoms with E-state index in [2.05, 4.69) is 4.98 Å². The smallest absolute Gasteiger partial charge is 0.419 e. The summed E-state index contributed by atoms with van der Waals surface area (Å²) in [5.41, 5.74) is -1.19. The number of halogens is 5. The van der Waals surface area contributed by atoms with Gasteiger partial charge in [0.15, 0.2) is 0 Å². The first kappa shape index (κ1) is 18.6. The second-order valence-corrected chi connectivity index (χ2v) is 5.74. The largest absolute Gasteiger partial charge is 0.472 e. The van der Waals surface area contributed by atoms with Crippen molar-refractivity contribution in [2.75, 3.05) is 0 Å². The van der Waals surface area contributed by atoms with Crippen LogP contribution in [0.1, 0.15) is 22.4 Å². The van der Waals surface area contributed by atoms with Gasteiger partial charge in [0, 0.05) is 16.3 Å². The van der Waals surface area contributed by atoms with Gasteiger partial charge < -0.3 is 4.74 Å². The van der Waals surface area contributed by atoms with E-state index >= 15 is 0 Å². The summed E-state index contributed by atoms with van der Waals surface area (Å²) in [6.45, 7) is 0.999. The zero-order valence-corrected chi connectivity index (χ0v) is 13.9. The highest BCUT2D eigenvalue weighted by Crippen LogP contribution is 2.33. The Kier molecular flexibility index (Phi) is 4.70. The third-order valence-corrected chi connectivity index (χ3v) is 3.97. The van der Waals surface area contributed by atoms with Crippen LogP contribution in [0.2, 0.25) is 0 Å². The lowest BCUT2D eigenvalue weighted by atomic mass is 10.1. The normalized spacial score (nSPS) is 11.4. The molecule has 0 unspecified atom stereocenters. The van der Waals surface area contributed by atoms with Crippen LogP contribution < -0.4 is 4.74 Å². The molecular formula is C19H11F5N2O. The number of fused-ring (bicyclic) bond motifs is 1. The zero-order chi connectivity index (χ0) is 19.8. The molecular weight excluding hydrogens is 367 g/mol. The van der Waals surface area contributed by atoms with E-state index < -0.39 is 30.0 Å². The Balaban J connectivity index is 2.02. The molecule has 0 aliphatic carbocycles. The summed E-state index contributed by atoms with van der Waals surface area (Å²) >= 11 is 0. The SMILES string of the molecule is Cc1nc(OCc2cccc(C(F)(F)F)c2F)c2cc(F)ccc2c1C#N. The van der Waals surface area contributed by atoms with Crippen LogP contribution >= 0.6 is 0 Å². The van der Waals surface area contributed by atoms with Gasteiger partial charge in [0.25, 0.3) is 0 Å². The number of alkyl halides is 3. The number of benzene rings is 2. The van der Waals surface area contributed by atoms with Gasteiger partial charge >= 0.3 is 6.18 Å². The van der Waals surface area contributed by atoms with Gasteiger partial charge in [-0.1, -0.05) is 12.1 Å². The summed E-state index contributed by atoms with van der Waals surface area (Å²) in [6.07, 6.45) is -4.83. The zero-order valence-electron chi connectivity index (χ0n) is 13.9. The van der Waals surface area contributed by atoms with Crippen molar-refractivity contribution in [2.24, 2.45) is 0 Å². The number of nitriles is 1. The first-order valence-corrected chi connectivity index (χ1v) is 7.69. The Hall–Kier alpha value is -3.21. The van der Waals surface area contributed by atoms with Crippen molar-refractivity contribution in [3.8, 4) is 11.9 Å². The molecule has 0 radical (unpaired) electrons. The molecule has 3 rings (SSSR count). The standard InChI is InChI=1S/C19H11F5N2O/c1-10-15(8-25)13-6-5-12(20)7-14(13)18(26-10)27-9-11-3-2-4-16(17(11)21)19(22,23)24/h2-7H,9H2,1H3. The van der Waals surface area contributed by atoms with E-state index in [1.807, 2.05) is 6.07 Å². The molecule has 0 bridgehead atoms. The maximum Gasteiger partial charge on any atom is 0.419 e. The van der Waals surface area contributed by atoms with E-state index in [0.717, 1.165) is 18.2 Å². The Morgan fingerprint density at radius 1 is 1.11 bits per heavy atom. The fourth-order valence-electron chi connectivity index (χ4n) is 2.68. The second-order valence-electron chi connectivity index (χ2n) is 5.74. The van der Waals surface area contributed by atoms with Crippen molar-refractivity contribution in [3.05, 3.63) is 70.4 Å². The van der Waals surface area contributed by atoms with Crippen LogP contribution in [0.25, 0.3) is 10.8 Å². The van der Waals surface area contributed by atoms with Crippen LogP contribution in [-0.2, 0) is 12.8 Å². The van der Waals surface area contributed by atoms with Crippen LogP contribution in [-0.4, -0.2) is 4.98 Å². The predicted octanol–water partition coefficient (Wildman–Crippen LogP) is 5.29. The van der Waals surface area contributed by atoms with E-state index in [1.54, 1.807) is 6.92 Å². The summed E-state index contributed by atoms with van der Waals surface area (Å²) in [5, 5.41) is 9.80. The van der Waals surface area contributed by atoms with Crippen molar-refractivity contribution in [1.29, 1.82) is 5.26 Å². The van der Waals surface area contributed by atoms with Gasteiger partial charge in [-0.2, -0.15) is 18.4 Å². The van der Waals surface area contributed by atoms with Crippen LogP contribution in [0, 0.1) is 29.9 Å². The van der Waals surface area contributed by atoms with Crippen LogP contribution in [0.5, 0.6) is 5.88 Å². The number of nitrogens with zero attached hydrogens (tertiary/aromatic N) is 2. The first-order valence-electron chi connectivity index (χ1n) is 7.69. The molecule has 3 nitrogen and oxygen atoms in total. The van der Waals surface area contributed by atoms with Crippen molar-refractivity contribution < 1.29 is 26.7 Å². The van der Waals surface area contributed by atoms with Crippen molar-refractivity contribution in [3.63, 3.8) is 0 Å². The number of hydrogen-bond acceptors (Lipinski definition) is 3. The average Bonchev–Trinajstić information content (AvgIpc) is 2.60. The van der Waals surface area contributed by atoms with Gasteiger partial charge in [-0.3, -0.25) is 0 Å². The van der Waals surface area contributed by atoms with E-state index in [0.29, 0.717) is 17.1 Å². The monoisotopic (exact) mass is 378 g/mol. The highest BCUT2D eigenvalue weighted by atomic mass is 19.4. The number of ether oxygens (including phenoxy) is 1. The number of rotatable bonds is 3. The van der Waals surface area contributed by atoms with Gasteiger partial charge in [0.05, 0.1) is 16.8 Å². The Labute approximate surface area is 150 Å². The molecule has 0 N–H and O–H groups in total. The van der Waals surface area contributed by atoms with Crippen LogP contribution in [0.4, 0.5) is 22.0 Å². The number of aromatic nitrogens is 1. The highest BCUT2D eigenvalue weighted by Gasteiger charge is 2.34. The third-order valence-electron chi connectivity index (χ3n) is 3.97. The molecule has 0 amide bonds. The van der Waals surface area contributed by atoms with Crippen molar-refractivity contribution in [2.45, 2.75) is 19.7 Å². The summed E-state index contributed by atoms with van der Waals surface area (Å²) < 4.78 is 71.6. The molecule has 27 heavy (non-hydrogen) atoms. The average molecular weight is 378 g/mol. The fourth-order valence-corrected chi connectivity index (χ4v) is 2.68. The minimum absolute atomic E-state index is 0.0992. The Bertz CT molecular complexity index is 1070. The Morgan fingerprint density at radius 3 is 2.52 bits per heavy atom. The maximum absolute atomic E-state index is 14.1. The quantitative estimate of drug-likeness (QED) is 0.582. The molecule has 8 heteroatoms. The molecule has 3 aromatic rings. The van der Waals surface area contributed by atoms with E-state index in [-0.39, 0.29) is 22.4 Å². The summed E-state index contributed by atoms with van der Waals surface area (Å²) in [6, 6.07) is 8.47. The minimum atomic E-state index is -4.83. The molecule has 0 saturated carbocycles. The fraction of sp³-hybridized carbons (Fsp3) is 0.158. The second kappa shape index (κ2) is 6.83. The van der Waals surface area contributed by atoms with Gasteiger partial charge in [-0.15, -0.1) is 0 Å². The van der Waals surface area contributed by atoms with E-state index in [4.69, 9.17) is 4.74 Å². The topological polar surface area (TPSA) is 45.9 Å². The Morgan fingerprint density at radius 2 is 1.85 bits per heavy atom. The van der Waals surface area contributed by atoms with Gasteiger partial charge in [0.1, 0.15) is 24.3 Å². The maximum atomic E-state index is 14.1. The number of pyridine rings is 1. The molecule has 1 aromatic heterocycles. The predicted molar refractivity (Wildman–Crippen MR) is 86.9 cm³/mol. The van der Waals surface area contributed by atoms with Gasteiger partial charge in [-0.05, 0) is 31.2 Å². The number of aryl methyl sites for hydroxylation is 1. The molecule has 0 aliphatic heterocycles. The van der Waals surface area contributed by atoms with Crippen molar-refractivity contribution in [1.82, 2.24) is 4.98 Å². The van der Waals surface area contributed by atoms with Crippen molar-refractivity contribution >= 4 is 10.8 Å². The molecule has 0 fully saturated rings. The van der Waals surface area contributed by atoms with Crippen LogP contribution in [0.3, 0.4) is 0 Å². The first-order chi connectivity index (χ1) is 12.7.